The molecule has 0 heterocycles. The minimum atomic E-state index is -0.456. The Morgan fingerprint density at radius 2 is 1.57 bits per heavy atom. The molecule has 2 saturated carbocycles. The van der Waals surface area contributed by atoms with Crippen LogP contribution in [0.1, 0.15) is 107 Å². The summed E-state index contributed by atoms with van der Waals surface area (Å²) >= 11 is 0. The molecule has 35 heavy (non-hydrogen) atoms. The SMILES string of the molecule is CCCC1CCC(OC(=O)C2CCC(c3cc(F)c(CC(C)c4ccccc4)c(F)c3)CC2)CC1. The monoisotopic (exact) mass is 482 g/mol. The van der Waals surface area contributed by atoms with Crippen molar-refractivity contribution < 1.29 is 18.3 Å². The van der Waals surface area contributed by atoms with Crippen LogP contribution in [0.5, 0.6) is 0 Å². The Kier molecular flexibility index (Phi) is 8.97. The molecule has 190 valence electrons. The van der Waals surface area contributed by atoms with Gasteiger partial charge in [0, 0.05) is 5.56 Å². The molecule has 2 aliphatic rings. The Morgan fingerprint density at radius 3 is 2.17 bits per heavy atom. The van der Waals surface area contributed by atoms with Crippen LogP contribution < -0.4 is 0 Å². The number of ether oxygens (including phenoxy) is 1. The summed E-state index contributed by atoms with van der Waals surface area (Å²) in [7, 11) is 0. The van der Waals surface area contributed by atoms with E-state index in [-0.39, 0.29) is 35.4 Å². The third-order valence-corrected chi connectivity index (χ3v) is 8.35. The van der Waals surface area contributed by atoms with Crippen LogP contribution in [0.4, 0.5) is 8.78 Å². The average Bonchev–Trinajstić information content (AvgIpc) is 2.88. The zero-order valence-electron chi connectivity index (χ0n) is 21.3. The lowest BCUT2D eigenvalue weighted by molar-refractivity contribution is -0.157. The number of benzene rings is 2. The number of rotatable bonds is 8. The van der Waals surface area contributed by atoms with E-state index in [1.165, 1.54) is 25.0 Å². The molecule has 2 nitrogen and oxygen atoms in total. The fraction of sp³-hybridized carbons (Fsp3) is 0.581. The smallest absolute Gasteiger partial charge is 0.309 e. The first-order valence-corrected chi connectivity index (χ1v) is 13.7. The highest BCUT2D eigenvalue weighted by Gasteiger charge is 2.31. The van der Waals surface area contributed by atoms with Gasteiger partial charge in [-0.25, -0.2) is 8.78 Å². The summed E-state index contributed by atoms with van der Waals surface area (Å²) in [6.45, 7) is 4.23. The number of hydrogen-bond acceptors (Lipinski definition) is 2. The molecule has 0 spiro atoms. The van der Waals surface area contributed by atoms with Crippen molar-refractivity contribution in [3.05, 3.63) is 70.8 Å². The minimum Gasteiger partial charge on any atom is -0.462 e. The highest BCUT2D eigenvalue weighted by molar-refractivity contribution is 5.72. The van der Waals surface area contributed by atoms with E-state index in [1.54, 1.807) is 0 Å². The Balaban J connectivity index is 1.29. The van der Waals surface area contributed by atoms with Crippen LogP contribution in [0.3, 0.4) is 0 Å². The van der Waals surface area contributed by atoms with Crippen LogP contribution >= 0.6 is 0 Å². The van der Waals surface area contributed by atoms with Crippen LogP contribution in [0, 0.1) is 23.5 Å². The highest BCUT2D eigenvalue weighted by Crippen LogP contribution is 2.38. The molecule has 2 aliphatic carbocycles. The van der Waals surface area contributed by atoms with Gasteiger partial charge in [0.15, 0.2) is 0 Å². The largest absolute Gasteiger partial charge is 0.462 e. The summed E-state index contributed by atoms with van der Waals surface area (Å²) in [5, 5.41) is 0. The fourth-order valence-electron chi connectivity index (χ4n) is 6.13. The molecule has 0 N–H and O–H groups in total. The van der Waals surface area contributed by atoms with Crippen molar-refractivity contribution in [1.82, 2.24) is 0 Å². The van der Waals surface area contributed by atoms with Gasteiger partial charge in [0.05, 0.1) is 5.92 Å². The molecule has 2 aromatic carbocycles. The lowest BCUT2D eigenvalue weighted by atomic mass is 9.78. The first-order valence-electron chi connectivity index (χ1n) is 13.7. The molecule has 4 rings (SSSR count). The normalized spacial score (nSPS) is 25.7. The van der Waals surface area contributed by atoms with E-state index in [0.29, 0.717) is 6.42 Å². The summed E-state index contributed by atoms with van der Waals surface area (Å²) in [5.74, 6) is -0.141. The molecule has 2 aromatic rings. The minimum absolute atomic E-state index is 0.0363. The van der Waals surface area contributed by atoms with Crippen molar-refractivity contribution in [3.8, 4) is 0 Å². The van der Waals surface area contributed by atoms with Gasteiger partial charge in [0.1, 0.15) is 17.7 Å². The molecule has 4 heteroatoms. The molecule has 2 fully saturated rings. The first kappa shape index (κ1) is 25.9. The van der Waals surface area contributed by atoms with Crippen molar-refractivity contribution in [1.29, 1.82) is 0 Å². The zero-order chi connectivity index (χ0) is 24.8. The Morgan fingerprint density at radius 1 is 0.943 bits per heavy atom. The van der Waals surface area contributed by atoms with Crippen LogP contribution in [0.25, 0.3) is 0 Å². The number of hydrogen-bond donors (Lipinski definition) is 0. The average molecular weight is 483 g/mol. The zero-order valence-corrected chi connectivity index (χ0v) is 21.3. The number of halogens is 2. The number of carbonyl (C=O) groups excluding carboxylic acids is 1. The van der Waals surface area contributed by atoms with E-state index < -0.39 is 11.6 Å². The number of esters is 1. The maximum atomic E-state index is 15.0. The lowest BCUT2D eigenvalue weighted by Crippen LogP contribution is -2.30. The van der Waals surface area contributed by atoms with Gasteiger partial charge in [-0.15, -0.1) is 0 Å². The maximum Gasteiger partial charge on any atom is 0.309 e. The van der Waals surface area contributed by atoms with Crippen molar-refractivity contribution in [3.63, 3.8) is 0 Å². The molecule has 0 saturated heterocycles. The third kappa shape index (κ3) is 6.71. The molecule has 1 unspecified atom stereocenters. The van der Waals surface area contributed by atoms with E-state index in [1.807, 2.05) is 37.3 Å². The maximum absolute atomic E-state index is 15.0. The molecule has 1 atom stereocenters. The predicted octanol–water partition coefficient (Wildman–Crippen LogP) is 8.49. The highest BCUT2D eigenvalue weighted by atomic mass is 19.1. The Hall–Kier alpha value is -2.23. The van der Waals surface area contributed by atoms with Crippen LogP contribution in [-0.4, -0.2) is 12.1 Å². The molecule has 0 bridgehead atoms. The van der Waals surface area contributed by atoms with Gasteiger partial charge < -0.3 is 4.74 Å². The summed E-state index contributed by atoms with van der Waals surface area (Å²) in [5.41, 5.74) is 1.96. The van der Waals surface area contributed by atoms with Crippen molar-refractivity contribution in [2.24, 2.45) is 11.8 Å². The van der Waals surface area contributed by atoms with E-state index in [2.05, 4.69) is 6.92 Å². The topological polar surface area (TPSA) is 26.3 Å². The van der Waals surface area contributed by atoms with Gasteiger partial charge >= 0.3 is 5.97 Å². The van der Waals surface area contributed by atoms with Gasteiger partial charge in [0.25, 0.3) is 0 Å². The van der Waals surface area contributed by atoms with Gasteiger partial charge in [-0.05, 0) is 98.8 Å². The van der Waals surface area contributed by atoms with Gasteiger partial charge in [-0.2, -0.15) is 0 Å². The van der Waals surface area contributed by atoms with Crippen molar-refractivity contribution in [2.75, 3.05) is 0 Å². The van der Waals surface area contributed by atoms with E-state index in [4.69, 9.17) is 4.74 Å². The lowest BCUT2D eigenvalue weighted by Gasteiger charge is -2.31. The van der Waals surface area contributed by atoms with E-state index in [9.17, 15) is 13.6 Å². The number of carbonyl (C=O) groups is 1. The fourth-order valence-corrected chi connectivity index (χ4v) is 6.13. The quantitative estimate of drug-likeness (QED) is 0.353. The third-order valence-electron chi connectivity index (χ3n) is 8.35. The van der Waals surface area contributed by atoms with Gasteiger partial charge in [0.2, 0.25) is 0 Å². The van der Waals surface area contributed by atoms with Crippen LogP contribution in [-0.2, 0) is 16.0 Å². The van der Waals surface area contributed by atoms with Crippen molar-refractivity contribution >= 4 is 5.97 Å². The van der Waals surface area contributed by atoms with Gasteiger partial charge in [-0.3, -0.25) is 4.79 Å². The predicted molar refractivity (Wildman–Crippen MR) is 136 cm³/mol. The van der Waals surface area contributed by atoms with Crippen molar-refractivity contribution in [2.45, 2.75) is 102 Å². The summed E-state index contributed by atoms with van der Waals surface area (Å²) in [4.78, 5) is 12.7. The molecule has 0 radical (unpaired) electrons. The van der Waals surface area contributed by atoms with Crippen LogP contribution in [0.15, 0.2) is 42.5 Å². The second kappa shape index (κ2) is 12.1. The molecule has 0 amide bonds. The second-order valence-electron chi connectivity index (χ2n) is 10.9. The summed E-state index contributed by atoms with van der Waals surface area (Å²) in [6.07, 6.45) is 10.2. The van der Waals surface area contributed by atoms with E-state index in [0.717, 1.165) is 68.4 Å². The Bertz CT molecular complexity index is 934. The summed E-state index contributed by atoms with van der Waals surface area (Å²) < 4.78 is 35.8. The first-order chi connectivity index (χ1) is 16.9. The summed E-state index contributed by atoms with van der Waals surface area (Å²) in [6, 6.07) is 12.9. The standard InChI is InChI=1S/C31H40F2O2/c1-3-7-22-10-16-27(17-11-22)35-31(34)25-14-12-24(13-15-25)26-19-29(32)28(30(33)20-26)18-21(2)23-8-5-4-6-9-23/h4-6,8-9,19-22,24-25,27H,3,7,10-18H2,1-2H3. The molecular formula is C31H40F2O2. The van der Waals surface area contributed by atoms with Gasteiger partial charge in [-0.1, -0.05) is 57.0 Å². The van der Waals surface area contributed by atoms with E-state index >= 15 is 0 Å². The second-order valence-corrected chi connectivity index (χ2v) is 10.9. The Labute approximate surface area is 209 Å². The molecule has 0 aromatic heterocycles. The van der Waals surface area contributed by atoms with Crippen LogP contribution in [0.2, 0.25) is 0 Å². The molecular weight excluding hydrogens is 442 g/mol. The molecule has 0 aliphatic heterocycles.